The molecule has 0 saturated carbocycles. The van der Waals surface area contributed by atoms with Gasteiger partial charge in [0.25, 0.3) is 0 Å². The molecule has 0 aliphatic carbocycles. The van der Waals surface area contributed by atoms with E-state index in [0.717, 1.165) is 42.7 Å². The van der Waals surface area contributed by atoms with Crippen LogP contribution in [0.25, 0.3) is 11.1 Å². The normalized spacial score (nSPS) is 14.9. The molecule has 0 bridgehead atoms. The van der Waals surface area contributed by atoms with Crippen LogP contribution in [-0.2, 0) is 9.59 Å². The lowest BCUT2D eigenvalue weighted by Crippen LogP contribution is -2.37. The third-order valence-corrected chi connectivity index (χ3v) is 4.88. The van der Waals surface area contributed by atoms with E-state index in [0.29, 0.717) is 12.3 Å². The molecule has 0 aromatic heterocycles. The monoisotopic (exact) mass is 354 g/mol. The van der Waals surface area contributed by atoms with Gasteiger partial charge in [0, 0.05) is 32.1 Å². The molecule has 3 rings (SSSR count). The summed E-state index contributed by atoms with van der Waals surface area (Å²) in [5, 5.41) is 2.93. The molecule has 4 nitrogen and oxygen atoms in total. The van der Waals surface area contributed by atoms with Gasteiger partial charge in [0.1, 0.15) is 5.82 Å². The first-order valence-corrected chi connectivity index (χ1v) is 8.92. The molecule has 0 atom stereocenters. The lowest BCUT2D eigenvalue weighted by molar-refractivity contribution is -0.130. The van der Waals surface area contributed by atoms with Crippen LogP contribution in [0.15, 0.2) is 48.5 Å². The highest BCUT2D eigenvalue weighted by Crippen LogP contribution is 2.23. The Bertz CT molecular complexity index is 764. The number of likely N-dealkylation sites (tertiary alicyclic amines) is 1. The van der Waals surface area contributed by atoms with Crippen LogP contribution < -0.4 is 5.32 Å². The maximum Gasteiger partial charge on any atom is 0.224 e. The van der Waals surface area contributed by atoms with Gasteiger partial charge in [-0.1, -0.05) is 24.3 Å². The quantitative estimate of drug-likeness (QED) is 0.899. The molecule has 2 amide bonds. The lowest BCUT2D eigenvalue weighted by atomic mass is 9.93. The number of rotatable bonds is 4. The van der Waals surface area contributed by atoms with E-state index in [2.05, 4.69) is 5.32 Å². The smallest absolute Gasteiger partial charge is 0.224 e. The first-order valence-electron chi connectivity index (χ1n) is 8.92. The minimum Gasteiger partial charge on any atom is -0.343 e. The first kappa shape index (κ1) is 18.1. The van der Waals surface area contributed by atoms with Gasteiger partial charge in [-0.15, -0.1) is 0 Å². The average molecular weight is 354 g/mol. The lowest BCUT2D eigenvalue weighted by Gasteiger charge is -2.30. The molecular formula is C21H23FN2O2. The number of hydrogen-bond donors (Lipinski definition) is 1. The highest BCUT2D eigenvalue weighted by atomic mass is 19.1. The van der Waals surface area contributed by atoms with Crippen molar-refractivity contribution in [3.05, 3.63) is 54.3 Å². The second-order valence-corrected chi connectivity index (χ2v) is 6.79. The van der Waals surface area contributed by atoms with Crippen LogP contribution in [0.2, 0.25) is 0 Å². The van der Waals surface area contributed by atoms with E-state index >= 15 is 0 Å². The van der Waals surface area contributed by atoms with Crippen molar-refractivity contribution in [2.24, 2.45) is 5.92 Å². The number of hydrogen-bond acceptors (Lipinski definition) is 2. The molecule has 136 valence electrons. The summed E-state index contributed by atoms with van der Waals surface area (Å²) in [5.41, 5.74) is 2.66. The van der Waals surface area contributed by atoms with E-state index in [1.165, 1.54) is 12.1 Å². The molecular weight excluding hydrogens is 331 g/mol. The predicted octanol–water partition coefficient (Wildman–Crippen LogP) is 4.08. The van der Waals surface area contributed by atoms with Gasteiger partial charge in [0.05, 0.1) is 0 Å². The Morgan fingerprint density at radius 2 is 1.54 bits per heavy atom. The Labute approximate surface area is 153 Å². The molecule has 0 radical (unpaired) electrons. The van der Waals surface area contributed by atoms with Crippen molar-refractivity contribution in [2.75, 3.05) is 18.4 Å². The summed E-state index contributed by atoms with van der Waals surface area (Å²) in [5.74, 6) is 0.172. The molecule has 1 heterocycles. The standard InChI is InChI=1S/C21H23FN2O2/c1-15(25)24-12-10-16(11-13-24)14-21(26)23-20-8-4-18(5-9-20)17-2-6-19(22)7-3-17/h2-9,16H,10-14H2,1H3,(H,23,26). The molecule has 1 aliphatic rings. The molecule has 2 aromatic carbocycles. The second-order valence-electron chi connectivity index (χ2n) is 6.79. The zero-order valence-corrected chi connectivity index (χ0v) is 14.9. The SMILES string of the molecule is CC(=O)N1CCC(CC(=O)Nc2ccc(-c3ccc(F)cc3)cc2)CC1. The van der Waals surface area contributed by atoms with Crippen LogP contribution in [0, 0.1) is 11.7 Å². The van der Waals surface area contributed by atoms with Crippen molar-refractivity contribution in [2.45, 2.75) is 26.2 Å². The number of amides is 2. The molecule has 5 heteroatoms. The third-order valence-electron chi connectivity index (χ3n) is 4.88. The van der Waals surface area contributed by atoms with Gasteiger partial charge in [-0.2, -0.15) is 0 Å². The van der Waals surface area contributed by atoms with Crippen molar-refractivity contribution in [1.29, 1.82) is 0 Å². The van der Waals surface area contributed by atoms with Gasteiger partial charge in [-0.05, 0) is 54.2 Å². The minimum absolute atomic E-state index is 0.000747. The van der Waals surface area contributed by atoms with E-state index in [4.69, 9.17) is 0 Å². The minimum atomic E-state index is -0.258. The van der Waals surface area contributed by atoms with Crippen molar-refractivity contribution in [1.82, 2.24) is 4.90 Å². The highest BCUT2D eigenvalue weighted by Gasteiger charge is 2.22. The van der Waals surface area contributed by atoms with Crippen LogP contribution in [0.3, 0.4) is 0 Å². The van der Waals surface area contributed by atoms with Gasteiger partial charge in [-0.3, -0.25) is 9.59 Å². The van der Waals surface area contributed by atoms with Gasteiger partial charge in [0.2, 0.25) is 11.8 Å². The summed E-state index contributed by atoms with van der Waals surface area (Å²) in [6, 6.07) is 13.9. The topological polar surface area (TPSA) is 49.4 Å². The summed E-state index contributed by atoms with van der Waals surface area (Å²) < 4.78 is 13.0. The maximum atomic E-state index is 13.0. The van der Waals surface area contributed by atoms with E-state index in [1.807, 2.05) is 29.2 Å². The van der Waals surface area contributed by atoms with E-state index in [9.17, 15) is 14.0 Å². The van der Waals surface area contributed by atoms with Crippen LogP contribution in [0.1, 0.15) is 26.2 Å². The number of carbonyl (C=O) groups is 2. The second kappa shape index (κ2) is 8.13. The zero-order chi connectivity index (χ0) is 18.5. The average Bonchev–Trinajstić information content (AvgIpc) is 2.63. The Morgan fingerprint density at radius 3 is 2.08 bits per heavy atom. The Hall–Kier alpha value is -2.69. The van der Waals surface area contributed by atoms with Gasteiger partial charge in [0.15, 0.2) is 0 Å². The number of piperidine rings is 1. The fourth-order valence-electron chi connectivity index (χ4n) is 3.31. The predicted molar refractivity (Wildman–Crippen MR) is 100 cm³/mol. The number of benzene rings is 2. The van der Waals surface area contributed by atoms with Crippen molar-refractivity contribution in [3.63, 3.8) is 0 Å². The Morgan fingerprint density at radius 1 is 1.00 bits per heavy atom. The van der Waals surface area contributed by atoms with Crippen LogP contribution >= 0.6 is 0 Å². The Balaban J connectivity index is 1.52. The summed E-state index contributed by atoms with van der Waals surface area (Å²) in [6.07, 6.45) is 2.22. The summed E-state index contributed by atoms with van der Waals surface area (Å²) in [7, 11) is 0. The number of anilines is 1. The maximum absolute atomic E-state index is 13.0. The van der Waals surface area contributed by atoms with E-state index in [1.54, 1.807) is 19.1 Å². The van der Waals surface area contributed by atoms with Gasteiger partial charge < -0.3 is 10.2 Å². The van der Waals surface area contributed by atoms with Crippen LogP contribution in [-0.4, -0.2) is 29.8 Å². The molecule has 1 fully saturated rings. The van der Waals surface area contributed by atoms with Crippen LogP contribution in [0.4, 0.5) is 10.1 Å². The van der Waals surface area contributed by atoms with Gasteiger partial charge >= 0.3 is 0 Å². The highest BCUT2D eigenvalue weighted by molar-refractivity contribution is 5.91. The first-order chi connectivity index (χ1) is 12.5. The summed E-state index contributed by atoms with van der Waals surface area (Å²) in [4.78, 5) is 25.4. The fraction of sp³-hybridized carbons (Fsp3) is 0.333. The van der Waals surface area contributed by atoms with Gasteiger partial charge in [-0.25, -0.2) is 4.39 Å². The summed E-state index contributed by atoms with van der Waals surface area (Å²) in [6.45, 7) is 3.06. The molecule has 0 spiro atoms. The molecule has 2 aromatic rings. The molecule has 1 saturated heterocycles. The van der Waals surface area contributed by atoms with Crippen molar-refractivity contribution < 1.29 is 14.0 Å². The zero-order valence-electron chi connectivity index (χ0n) is 14.9. The number of halogens is 1. The van der Waals surface area contributed by atoms with Crippen molar-refractivity contribution in [3.8, 4) is 11.1 Å². The fourth-order valence-corrected chi connectivity index (χ4v) is 3.31. The molecule has 1 aliphatic heterocycles. The molecule has 1 N–H and O–H groups in total. The number of nitrogens with zero attached hydrogens (tertiary/aromatic N) is 1. The Kier molecular flexibility index (Phi) is 5.66. The number of carbonyl (C=O) groups excluding carboxylic acids is 2. The number of nitrogens with one attached hydrogen (secondary N) is 1. The van der Waals surface area contributed by atoms with E-state index in [-0.39, 0.29) is 17.6 Å². The molecule has 0 unspecified atom stereocenters. The third kappa shape index (κ3) is 4.69. The van der Waals surface area contributed by atoms with Crippen molar-refractivity contribution >= 4 is 17.5 Å². The largest absolute Gasteiger partial charge is 0.343 e. The van der Waals surface area contributed by atoms with E-state index < -0.39 is 0 Å². The van der Waals surface area contributed by atoms with Crippen LogP contribution in [0.5, 0.6) is 0 Å². The summed E-state index contributed by atoms with van der Waals surface area (Å²) >= 11 is 0. The molecule has 26 heavy (non-hydrogen) atoms.